The summed E-state index contributed by atoms with van der Waals surface area (Å²) in [4.78, 5) is 0. The van der Waals surface area contributed by atoms with Gasteiger partial charge in [0.15, 0.2) is 0 Å². The van der Waals surface area contributed by atoms with E-state index in [0.29, 0.717) is 25.9 Å². The van der Waals surface area contributed by atoms with E-state index in [4.69, 9.17) is 20.2 Å². The van der Waals surface area contributed by atoms with Crippen molar-refractivity contribution in [3.63, 3.8) is 0 Å². The first-order valence-electron chi connectivity index (χ1n) is 4.41. The average Bonchev–Trinajstić information content (AvgIpc) is 2.83. The zero-order chi connectivity index (χ0) is 10.8. The van der Waals surface area contributed by atoms with Gasteiger partial charge in [-0.2, -0.15) is 0 Å². The molecular formula is C8H15ClO4S. The van der Waals surface area contributed by atoms with E-state index in [0.717, 1.165) is 0 Å². The molecular weight excluding hydrogens is 228 g/mol. The summed E-state index contributed by atoms with van der Waals surface area (Å²) >= 11 is 0. The van der Waals surface area contributed by atoms with Crippen LogP contribution in [0.5, 0.6) is 0 Å². The van der Waals surface area contributed by atoms with Gasteiger partial charge in [-0.1, -0.05) is 0 Å². The normalized spacial score (nSPS) is 21.9. The van der Waals surface area contributed by atoms with Crippen molar-refractivity contribution in [1.29, 1.82) is 0 Å². The Labute approximate surface area is 88.9 Å². The van der Waals surface area contributed by atoms with Crippen LogP contribution in [0.1, 0.15) is 19.3 Å². The topological polar surface area (TPSA) is 52.6 Å². The van der Waals surface area contributed by atoms with Crippen LogP contribution < -0.4 is 0 Å². The monoisotopic (exact) mass is 242 g/mol. The van der Waals surface area contributed by atoms with Gasteiger partial charge in [0.05, 0.1) is 17.5 Å². The smallest absolute Gasteiger partial charge is 0.238 e. The highest BCUT2D eigenvalue weighted by molar-refractivity contribution is 8.15. The third-order valence-electron chi connectivity index (χ3n) is 2.61. The molecule has 1 fully saturated rings. The molecule has 0 unspecified atom stereocenters. The second-order valence-corrected chi connectivity index (χ2v) is 6.60. The van der Waals surface area contributed by atoms with Crippen LogP contribution in [0.2, 0.25) is 0 Å². The Balaban J connectivity index is 2.59. The summed E-state index contributed by atoms with van der Waals surface area (Å²) in [7, 11) is 4.98. The third-order valence-corrected chi connectivity index (χ3v) is 5.20. The fourth-order valence-corrected chi connectivity index (χ4v) is 3.12. The Morgan fingerprint density at radius 2 is 2.00 bits per heavy atom. The van der Waals surface area contributed by atoms with Crippen LogP contribution in [0.25, 0.3) is 0 Å². The van der Waals surface area contributed by atoms with Gasteiger partial charge in [0, 0.05) is 24.9 Å². The molecule has 0 radical (unpaired) electrons. The zero-order valence-corrected chi connectivity index (χ0v) is 9.90. The van der Waals surface area contributed by atoms with Crippen LogP contribution in [0.4, 0.5) is 0 Å². The van der Waals surface area contributed by atoms with Crippen molar-refractivity contribution >= 4 is 19.7 Å². The van der Waals surface area contributed by atoms with Crippen LogP contribution >= 0.6 is 10.7 Å². The maximum atomic E-state index is 11.2. The van der Waals surface area contributed by atoms with Crippen LogP contribution in [0.3, 0.4) is 0 Å². The van der Waals surface area contributed by atoms with E-state index in [-0.39, 0.29) is 6.10 Å². The molecule has 1 aliphatic carbocycles. The maximum absolute atomic E-state index is 11.2. The lowest BCUT2D eigenvalue weighted by molar-refractivity contribution is 0.0219. The molecule has 1 aliphatic rings. The highest BCUT2D eigenvalue weighted by Crippen LogP contribution is 2.49. The summed E-state index contributed by atoms with van der Waals surface area (Å²) in [6, 6.07) is 0. The zero-order valence-electron chi connectivity index (χ0n) is 8.32. The summed E-state index contributed by atoms with van der Waals surface area (Å²) in [5, 5.41) is 0. The van der Waals surface area contributed by atoms with E-state index in [1.54, 1.807) is 14.2 Å². The van der Waals surface area contributed by atoms with E-state index in [1.165, 1.54) is 0 Å². The van der Waals surface area contributed by atoms with Crippen molar-refractivity contribution in [3.8, 4) is 0 Å². The second-order valence-electron chi connectivity index (χ2n) is 3.64. The summed E-state index contributed by atoms with van der Waals surface area (Å²) in [6.07, 6.45) is 1.48. The first kappa shape index (κ1) is 12.2. The number of rotatable bonds is 6. The lowest BCUT2D eigenvalue weighted by atomic mass is 10.2. The molecule has 0 N–H and O–H groups in total. The average molecular weight is 243 g/mol. The molecule has 1 rings (SSSR count). The minimum absolute atomic E-state index is 0.198. The summed E-state index contributed by atoms with van der Waals surface area (Å²) in [5.74, 6) is 0. The second kappa shape index (κ2) is 4.35. The van der Waals surface area contributed by atoms with Crippen molar-refractivity contribution in [2.45, 2.75) is 30.1 Å². The van der Waals surface area contributed by atoms with Gasteiger partial charge in [-0.3, -0.25) is 0 Å². The fraction of sp³-hybridized carbons (Fsp3) is 1.00. The van der Waals surface area contributed by atoms with Gasteiger partial charge in [0.1, 0.15) is 0 Å². The quantitative estimate of drug-likeness (QED) is 0.656. The molecule has 0 amide bonds. The minimum Gasteiger partial charge on any atom is -0.382 e. The highest BCUT2D eigenvalue weighted by Gasteiger charge is 2.54. The number of hydrogen-bond donors (Lipinski definition) is 0. The van der Waals surface area contributed by atoms with Crippen LogP contribution in [0.15, 0.2) is 0 Å². The molecule has 14 heavy (non-hydrogen) atoms. The largest absolute Gasteiger partial charge is 0.382 e. The van der Waals surface area contributed by atoms with Crippen molar-refractivity contribution in [2.24, 2.45) is 0 Å². The summed E-state index contributed by atoms with van der Waals surface area (Å²) in [5.41, 5.74) is 0. The summed E-state index contributed by atoms with van der Waals surface area (Å²) < 4.78 is 31.8. The molecule has 1 atom stereocenters. The van der Waals surface area contributed by atoms with Gasteiger partial charge < -0.3 is 9.47 Å². The SMILES string of the molecule is COC[C@H](CC1(S(=O)(=O)Cl)CC1)OC. The highest BCUT2D eigenvalue weighted by atomic mass is 35.7. The van der Waals surface area contributed by atoms with E-state index >= 15 is 0 Å². The predicted octanol–water partition coefficient (Wildman–Crippen LogP) is 1.14. The van der Waals surface area contributed by atoms with Crippen LogP contribution in [0, 0.1) is 0 Å². The third kappa shape index (κ3) is 2.59. The molecule has 0 saturated heterocycles. The van der Waals surface area contributed by atoms with Gasteiger partial charge in [-0.25, -0.2) is 8.42 Å². The fourth-order valence-electron chi connectivity index (χ4n) is 1.50. The molecule has 1 saturated carbocycles. The molecule has 0 aromatic heterocycles. The molecule has 0 aliphatic heterocycles. The molecule has 84 valence electrons. The first-order chi connectivity index (χ1) is 6.45. The molecule has 0 bridgehead atoms. The standard InChI is InChI=1S/C8H15ClO4S/c1-12-6-7(13-2)5-8(3-4-8)14(9,10)11/h7H,3-6H2,1-2H3/t7-/m0/s1. The van der Waals surface area contributed by atoms with Gasteiger partial charge >= 0.3 is 0 Å². The van der Waals surface area contributed by atoms with Crippen molar-refractivity contribution < 1.29 is 17.9 Å². The maximum Gasteiger partial charge on any atom is 0.238 e. The van der Waals surface area contributed by atoms with E-state index in [9.17, 15) is 8.42 Å². The van der Waals surface area contributed by atoms with Crippen molar-refractivity contribution in [1.82, 2.24) is 0 Å². The van der Waals surface area contributed by atoms with E-state index in [1.807, 2.05) is 0 Å². The van der Waals surface area contributed by atoms with Gasteiger partial charge in [-0.15, -0.1) is 0 Å². The van der Waals surface area contributed by atoms with Gasteiger partial charge in [0.25, 0.3) is 0 Å². The van der Waals surface area contributed by atoms with Crippen molar-refractivity contribution in [2.75, 3.05) is 20.8 Å². The predicted molar refractivity (Wildman–Crippen MR) is 54.0 cm³/mol. The number of ether oxygens (including phenoxy) is 2. The molecule has 4 nitrogen and oxygen atoms in total. The Bertz CT molecular complexity index is 284. The number of hydrogen-bond acceptors (Lipinski definition) is 4. The Morgan fingerprint density at radius 1 is 1.43 bits per heavy atom. The van der Waals surface area contributed by atoms with Gasteiger partial charge in [0.2, 0.25) is 9.05 Å². The number of halogens is 1. The van der Waals surface area contributed by atoms with E-state index in [2.05, 4.69) is 0 Å². The first-order valence-corrected chi connectivity index (χ1v) is 6.72. The Morgan fingerprint density at radius 3 is 2.29 bits per heavy atom. The Hall–Kier alpha value is 0.160. The molecule has 6 heteroatoms. The lowest BCUT2D eigenvalue weighted by Gasteiger charge is -2.19. The minimum atomic E-state index is -3.48. The van der Waals surface area contributed by atoms with Crippen LogP contribution in [-0.4, -0.2) is 40.1 Å². The molecule has 0 aromatic rings. The van der Waals surface area contributed by atoms with Gasteiger partial charge in [-0.05, 0) is 19.3 Å². The molecule has 0 aromatic carbocycles. The lowest BCUT2D eigenvalue weighted by Crippen LogP contribution is -2.29. The molecule has 0 spiro atoms. The van der Waals surface area contributed by atoms with E-state index < -0.39 is 13.8 Å². The Kier molecular flexibility index (Phi) is 3.80. The van der Waals surface area contributed by atoms with Crippen molar-refractivity contribution in [3.05, 3.63) is 0 Å². The molecule has 0 heterocycles. The van der Waals surface area contributed by atoms with Crippen LogP contribution in [-0.2, 0) is 18.5 Å². The summed E-state index contributed by atoms with van der Waals surface area (Å²) in [6.45, 7) is 0.394. The number of methoxy groups -OCH3 is 2.